The van der Waals surface area contributed by atoms with E-state index in [9.17, 15) is 9.00 Å². The molecule has 1 aromatic heterocycles. The quantitative estimate of drug-likeness (QED) is 0.889. The molecule has 0 aliphatic carbocycles. The zero-order chi connectivity index (χ0) is 14.7. The number of benzene rings is 1. The number of halogens is 2. The first-order chi connectivity index (χ1) is 9.49. The Morgan fingerprint density at radius 2 is 2.15 bits per heavy atom. The van der Waals surface area contributed by atoms with Crippen LogP contribution in [0.5, 0.6) is 0 Å². The fourth-order valence-corrected chi connectivity index (χ4v) is 3.73. The van der Waals surface area contributed by atoms with E-state index >= 15 is 0 Å². The topological polar surface area (TPSA) is 67.3 Å². The maximum atomic E-state index is 12.4. The Bertz CT molecular complexity index is 693. The van der Waals surface area contributed by atoms with Crippen LogP contribution < -0.4 is 0 Å². The van der Waals surface area contributed by atoms with E-state index in [0.29, 0.717) is 15.1 Å². The number of nitrogens with zero attached hydrogens (tertiary/aromatic N) is 1. The van der Waals surface area contributed by atoms with E-state index < -0.39 is 16.8 Å². The molecule has 1 unspecified atom stereocenters. The van der Waals surface area contributed by atoms with Gasteiger partial charge in [0.15, 0.2) is 0 Å². The number of carbonyl (C=O) groups is 1. The Morgan fingerprint density at radius 3 is 2.80 bits per heavy atom. The molecule has 4 nitrogen and oxygen atoms in total. The van der Waals surface area contributed by atoms with Gasteiger partial charge >= 0.3 is 5.97 Å². The summed E-state index contributed by atoms with van der Waals surface area (Å²) in [4.78, 5) is 15.3. The van der Waals surface area contributed by atoms with E-state index in [-0.39, 0.29) is 16.2 Å². The van der Waals surface area contributed by atoms with Crippen molar-refractivity contribution < 1.29 is 14.1 Å². The Kier molecular flexibility index (Phi) is 4.91. The van der Waals surface area contributed by atoms with Crippen molar-refractivity contribution >= 4 is 44.3 Å². The zero-order valence-corrected chi connectivity index (χ0v) is 13.2. The van der Waals surface area contributed by atoms with Crippen molar-refractivity contribution in [3.05, 3.63) is 57.3 Å². The molecule has 20 heavy (non-hydrogen) atoms. The SMILES string of the molecule is O=C(O)c1ccc(Br)cc1S(=O)Cc1ccncc1Cl. The summed E-state index contributed by atoms with van der Waals surface area (Å²) in [6.07, 6.45) is 3.02. The fourth-order valence-electron chi connectivity index (χ4n) is 1.60. The standard InChI is InChI=1S/C13H9BrClNO3S/c14-9-1-2-10(13(17)18)12(5-9)20(19)7-8-3-4-16-6-11(8)15/h1-6H,7H2,(H,17,18). The van der Waals surface area contributed by atoms with Crippen LogP contribution in [0.2, 0.25) is 5.02 Å². The largest absolute Gasteiger partial charge is 0.478 e. The first-order valence-corrected chi connectivity index (χ1v) is 7.97. The van der Waals surface area contributed by atoms with Gasteiger partial charge < -0.3 is 5.11 Å². The third-order valence-corrected chi connectivity index (χ3v) is 4.80. The highest BCUT2D eigenvalue weighted by molar-refractivity contribution is 9.10. The number of aromatic nitrogens is 1. The Morgan fingerprint density at radius 1 is 1.40 bits per heavy atom. The maximum Gasteiger partial charge on any atom is 0.336 e. The minimum atomic E-state index is -1.51. The van der Waals surface area contributed by atoms with Crippen LogP contribution in [0.1, 0.15) is 15.9 Å². The molecular weight excluding hydrogens is 366 g/mol. The lowest BCUT2D eigenvalue weighted by atomic mass is 10.2. The third-order valence-electron chi connectivity index (χ3n) is 2.56. The van der Waals surface area contributed by atoms with E-state index in [1.54, 1.807) is 24.4 Å². The Labute approximate surface area is 131 Å². The molecule has 7 heteroatoms. The molecule has 0 spiro atoms. The number of carboxylic acid groups (broad SMARTS) is 1. The molecule has 2 aromatic rings. The minimum Gasteiger partial charge on any atom is -0.478 e. The lowest BCUT2D eigenvalue weighted by Crippen LogP contribution is -2.06. The highest BCUT2D eigenvalue weighted by Crippen LogP contribution is 2.24. The summed E-state index contributed by atoms with van der Waals surface area (Å²) >= 11 is 9.22. The molecule has 0 saturated carbocycles. The normalized spacial score (nSPS) is 12.1. The van der Waals surface area contributed by atoms with Crippen LogP contribution in [-0.2, 0) is 16.6 Å². The predicted octanol–water partition coefficient (Wildman–Crippen LogP) is 3.50. The second kappa shape index (κ2) is 6.47. The molecule has 104 valence electrons. The monoisotopic (exact) mass is 373 g/mol. The van der Waals surface area contributed by atoms with Gasteiger partial charge in [0.25, 0.3) is 0 Å². The van der Waals surface area contributed by atoms with Gasteiger partial charge in [-0.1, -0.05) is 27.5 Å². The van der Waals surface area contributed by atoms with Gasteiger partial charge in [0.2, 0.25) is 0 Å². The molecule has 1 atom stereocenters. The van der Waals surface area contributed by atoms with Gasteiger partial charge in [0.1, 0.15) is 0 Å². The van der Waals surface area contributed by atoms with Gasteiger partial charge in [-0.15, -0.1) is 0 Å². The summed E-state index contributed by atoms with van der Waals surface area (Å²) in [5.74, 6) is -0.973. The average molecular weight is 375 g/mol. The Hall–Kier alpha value is -1.24. The van der Waals surface area contributed by atoms with E-state index in [2.05, 4.69) is 20.9 Å². The van der Waals surface area contributed by atoms with Crippen molar-refractivity contribution in [2.75, 3.05) is 0 Å². The molecule has 1 aromatic carbocycles. The van der Waals surface area contributed by atoms with Gasteiger partial charge in [0, 0.05) is 16.9 Å². The summed E-state index contributed by atoms with van der Waals surface area (Å²) in [6.45, 7) is 0. The fraction of sp³-hybridized carbons (Fsp3) is 0.0769. The van der Waals surface area contributed by atoms with Gasteiger partial charge in [-0.25, -0.2) is 4.79 Å². The van der Waals surface area contributed by atoms with Crippen molar-refractivity contribution in [2.24, 2.45) is 0 Å². The van der Waals surface area contributed by atoms with Crippen molar-refractivity contribution in [2.45, 2.75) is 10.6 Å². The van der Waals surface area contributed by atoms with Gasteiger partial charge in [-0.2, -0.15) is 0 Å². The summed E-state index contributed by atoms with van der Waals surface area (Å²) in [5, 5.41) is 9.55. The predicted molar refractivity (Wildman–Crippen MR) is 80.5 cm³/mol. The van der Waals surface area contributed by atoms with Crippen LogP contribution >= 0.6 is 27.5 Å². The molecule has 1 heterocycles. The molecule has 0 bridgehead atoms. The summed E-state index contributed by atoms with van der Waals surface area (Å²) < 4.78 is 13.1. The average Bonchev–Trinajstić information content (AvgIpc) is 2.40. The third kappa shape index (κ3) is 3.45. The second-order valence-electron chi connectivity index (χ2n) is 3.90. The van der Waals surface area contributed by atoms with Crippen molar-refractivity contribution in [1.82, 2.24) is 4.98 Å². The van der Waals surface area contributed by atoms with E-state index in [1.807, 2.05) is 0 Å². The van der Waals surface area contributed by atoms with E-state index in [1.165, 1.54) is 12.3 Å². The summed E-state index contributed by atoms with van der Waals surface area (Å²) in [6, 6.07) is 6.24. The van der Waals surface area contributed by atoms with E-state index in [0.717, 1.165) is 0 Å². The number of pyridine rings is 1. The van der Waals surface area contributed by atoms with Crippen LogP contribution in [0, 0.1) is 0 Å². The molecule has 0 amide bonds. The van der Waals surface area contributed by atoms with Gasteiger partial charge in [-0.3, -0.25) is 9.19 Å². The van der Waals surface area contributed by atoms with Crippen LogP contribution in [0.4, 0.5) is 0 Å². The van der Waals surface area contributed by atoms with Crippen LogP contribution in [-0.4, -0.2) is 20.3 Å². The number of carboxylic acids is 1. The maximum absolute atomic E-state index is 12.4. The molecule has 1 N–H and O–H groups in total. The smallest absolute Gasteiger partial charge is 0.336 e. The number of hydrogen-bond donors (Lipinski definition) is 1. The van der Waals surface area contributed by atoms with Crippen LogP contribution in [0.25, 0.3) is 0 Å². The number of aromatic carboxylic acids is 1. The number of hydrogen-bond acceptors (Lipinski definition) is 3. The molecule has 0 saturated heterocycles. The van der Waals surface area contributed by atoms with Gasteiger partial charge in [-0.05, 0) is 29.8 Å². The minimum absolute atomic E-state index is 0.0247. The lowest BCUT2D eigenvalue weighted by Gasteiger charge is -2.08. The highest BCUT2D eigenvalue weighted by Gasteiger charge is 2.17. The summed E-state index contributed by atoms with van der Waals surface area (Å²) in [5.41, 5.74) is 0.688. The van der Waals surface area contributed by atoms with Crippen LogP contribution in [0.3, 0.4) is 0 Å². The molecule has 2 rings (SSSR count). The van der Waals surface area contributed by atoms with Crippen molar-refractivity contribution in [3.8, 4) is 0 Å². The van der Waals surface area contributed by atoms with Crippen molar-refractivity contribution in [1.29, 1.82) is 0 Å². The second-order valence-corrected chi connectivity index (χ2v) is 6.64. The van der Waals surface area contributed by atoms with Gasteiger partial charge in [0.05, 0.1) is 32.0 Å². The highest BCUT2D eigenvalue weighted by atomic mass is 79.9. The molecule has 0 radical (unpaired) electrons. The van der Waals surface area contributed by atoms with Crippen LogP contribution in [0.15, 0.2) is 46.0 Å². The first kappa shape index (κ1) is 15.2. The lowest BCUT2D eigenvalue weighted by molar-refractivity contribution is 0.0693. The Balaban J connectivity index is 2.37. The molecule has 0 aliphatic heterocycles. The van der Waals surface area contributed by atoms with Crippen molar-refractivity contribution in [3.63, 3.8) is 0 Å². The zero-order valence-electron chi connectivity index (χ0n) is 10.0. The number of rotatable bonds is 4. The molecule has 0 fully saturated rings. The molecule has 0 aliphatic rings. The molecular formula is C13H9BrClNO3S. The van der Waals surface area contributed by atoms with E-state index in [4.69, 9.17) is 16.7 Å². The first-order valence-electron chi connectivity index (χ1n) is 5.48. The summed E-state index contributed by atoms with van der Waals surface area (Å²) in [7, 11) is -1.51.